The Morgan fingerprint density at radius 1 is 0.276 bits per heavy atom. The van der Waals surface area contributed by atoms with E-state index in [-0.39, 0.29) is 0 Å². The summed E-state index contributed by atoms with van der Waals surface area (Å²) in [5.74, 6) is 0. The summed E-state index contributed by atoms with van der Waals surface area (Å²) in [4.78, 5) is 2.44. The van der Waals surface area contributed by atoms with Crippen molar-refractivity contribution < 1.29 is 4.42 Å². The molecule has 2 nitrogen and oxygen atoms in total. The SMILES string of the molecule is c1ccc(-c2ccccc2N(c2ccc(-c3cccc4ccccc34)cc2)c2ccccc2-c2ccc3oc4ccccc4c3c2)c(-c2ccc3ccccc3c2)c1. The second kappa shape index (κ2) is 14.1. The zero-order valence-electron chi connectivity index (χ0n) is 31.7. The zero-order chi connectivity index (χ0) is 38.4. The molecule has 0 aliphatic carbocycles. The van der Waals surface area contributed by atoms with E-state index in [0.29, 0.717) is 0 Å². The minimum absolute atomic E-state index is 0.888. The molecule has 0 atom stereocenters. The Balaban J connectivity index is 1.12. The summed E-state index contributed by atoms with van der Waals surface area (Å²) in [5.41, 5.74) is 14.4. The van der Waals surface area contributed by atoms with E-state index in [1.807, 2.05) is 12.1 Å². The molecule has 0 saturated heterocycles. The van der Waals surface area contributed by atoms with E-state index in [1.54, 1.807) is 0 Å². The molecule has 0 aliphatic rings. The van der Waals surface area contributed by atoms with Crippen molar-refractivity contribution in [2.24, 2.45) is 0 Å². The first-order valence-electron chi connectivity index (χ1n) is 19.8. The van der Waals surface area contributed by atoms with Crippen molar-refractivity contribution in [2.45, 2.75) is 0 Å². The molecule has 0 aliphatic heterocycles. The number of fused-ring (bicyclic) bond motifs is 5. The molecule has 0 radical (unpaired) electrons. The van der Waals surface area contributed by atoms with E-state index in [2.05, 4.69) is 217 Å². The van der Waals surface area contributed by atoms with Crippen molar-refractivity contribution in [3.8, 4) is 44.5 Å². The summed E-state index contributed by atoms with van der Waals surface area (Å²) >= 11 is 0. The average molecular weight is 740 g/mol. The maximum absolute atomic E-state index is 6.26. The molecule has 1 aromatic heterocycles. The van der Waals surface area contributed by atoms with Crippen molar-refractivity contribution in [1.29, 1.82) is 0 Å². The number of rotatable bonds is 7. The molecule has 10 aromatic carbocycles. The summed E-state index contributed by atoms with van der Waals surface area (Å²) in [7, 11) is 0. The van der Waals surface area contributed by atoms with Gasteiger partial charge in [0.05, 0.1) is 11.4 Å². The van der Waals surface area contributed by atoms with Gasteiger partial charge in [-0.3, -0.25) is 0 Å². The summed E-state index contributed by atoms with van der Waals surface area (Å²) in [6.07, 6.45) is 0. The third-order valence-corrected chi connectivity index (χ3v) is 11.5. The standard InChI is InChI=1S/C56H37NO/c1-2-16-41-36-42(29-28-38(41)14-1)47-19-5-6-21-49(47)50-22-8-11-26-54(50)57(44-33-30-40(31-34-44)46-24-13-17-39-15-3-4-18-45(39)46)53-25-10-7-20-48(53)43-32-35-56-52(37-43)51-23-9-12-27-55(51)58-56/h1-37H. The zero-order valence-corrected chi connectivity index (χ0v) is 31.7. The van der Waals surface area contributed by atoms with Crippen molar-refractivity contribution in [2.75, 3.05) is 4.90 Å². The fourth-order valence-electron chi connectivity index (χ4n) is 8.70. The summed E-state index contributed by atoms with van der Waals surface area (Å²) in [5, 5.41) is 7.18. The molecule has 11 rings (SSSR count). The van der Waals surface area contributed by atoms with E-state index >= 15 is 0 Å². The predicted molar refractivity (Wildman–Crippen MR) is 245 cm³/mol. The summed E-state index contributed by atoms with van der Waals surface area (Å²) < 4.78 is 6.26. The highest BCUT2D eigenvalue weighted by atomic mass is 16.3. The van der Waals surface area contributed by atoms with Crippen LogP contribution in [-0.2, 0) is 0 Å². The molecule has 0 saturated carbocycles. The van der Waals surface area contributed by atoms with E-state index in [1.165, 1.54) is 49.4 Å². The highest BCUT2D eigenvalue weighted by Crippen LogP contribution is 2.47. The van der Waals surface area contributed by atoms with E-state index in [0.717, 1.165) is 55.7 Å². The number of benzene rings is 10. The van der Waals surface area contributed by atoms with Crippen LogP contribution in [-0.4, -0.2) is 0 Å². The first-order chi connectivity index (χ1) is 28.8. The lowest BCUT2D eigenvalue weighted by Gasteiger charge is -2.30. The lowest BCUT2D eigenvalue weighted by atomic mass is 9.91. The lowest BCUT2D eigenvalue weighted by Crippen LogP contribution is -2.12. The quantitative estimate of drug-likeness (QED) is 0.162. The number of furan rings is 1. The van der Waals surface area contributed by atoms with Gasteiger partial charge in [0.2, 0.25) is 0 Å². The fourth-order valence-corrected chi connectivity index (χ4v) is 8.70. The van der Waals surface area contributed by atoms with Crippen LogP contribution in [0.2, 0.25) is 0 Å². The van der Waals surface area contributed by atoms with Gasteiger partial charge in [0.25, 0.3) is 0 Å². The van der Waals surface area contributed by atoms with Crippen molar-refractivity contribution in [1.82, 2.24) is 0 Å². The van der Waals surface area contributed by atoms with Crippen LogP contribution in [0, 0.1) is 0 Å². The normalized spacial score (nSPS) is 11.4. The van der Waals surface area contributed by atoms with Crippen molar-refractivity contribution >= 4 is 60.5 Å². The van der Waals surface area contributed by atoms with Crippen LogP contribution in [0.4, 0.5) is 17.1 Å². The molecule has 1 heterocycles. The first-order valence-corrected chi connectivity index (χ1v) is 19.8. The second-order valence-corrected chi connectivity index (χ2v) is 14.9. The molecule has 58 heavy (non-hydrogen) atoms. The van der Waals surface area contributed by atoms with Crippen LogP contribution < -0.4 is 4.90 Å². The maximum atomic E-state index is 6.26. The second-order valence-electron chi connectivity index (χ2n) is 14.9. The van der Waals surface area contributed by atoms with Gasteiger partial charge in [-0.05, 0) is 103 Å². The summed E-state index contributed by atoms with van der Waals surface area (Å²) in [6, 6.07) is 80.9. The number of para-hydroxylation sites is 3. The number of hydrogen-bond donors (Lipinski definition) is 0. The largest absolute Gasteiger partial charge is 0.456 e. The fraction of sp³-hybridized carbons (Fsp3) is 0. The van der Waals surface area contributed by atoms with Gasteiger partial charge in [-0.25, -0.2) is 0 Å². The molecule has 2 heteroatoms. The molecular weight excluding hydrogens is 703 g/mol. The Morgan fingerprint density at radius 2 is 0.810 bits per heavy atom. The Hall–Kier alpha value is -7.68. The molecule has 0 fully saturated rings. The molecular formula is C56H37NO. The Kier molecular flexibility index (Phi) is 8.19. The smallest absolute Gasteiger partial charge is 0.135 e. The molecule has 0 bridgehead atoms. The van der Waals surface area contributed by atoms with Crippen LogP contribution in [0.15, 0.2) is 229 Å². The van der Waals surface area contributed by atoms with Crippen LogP contribution >= 0.6 is 0 Å². The summed E-state index contributed by atoms with van der Waals surface area (Å²) in [6.45, 7) is 0. The van der Waals surface area contributed by atoms with Crippen LogP contribution in [0.1, 0.15) is 0 Å². The van der Waals surface area contributed by atoms with Crippen LogP contribution in [0.3, 0.4) is 0 Å². The number of anilines is 3. The van der Waals surface area contributed by atoms with Crippen molar-refractivity contribution in [3.05, 3.63) is 224 Å². The van der Waals surface area contributed by atoms with Gasteiger partial charge in [-0.2, -0.15) is 0 Å². The van der Waals surface area contributed by atoms with E-state index in [9.17, 15) is 0 Å². The Labute approximate surface area is 337 Å². The third-order valence-electron chi connectivity index (χ3n) is 11.5. The highest BCUT2D eigenvalue weighted by Gasteiger charge is 2.22. The molecule has 0 unspecified atom stereocenters. The number of hydrogen-bond acceptors (Lipinski definition) is 2. The first kappa shape index (κ1) is 33.6. The number of nitrogens with zero attached hydrogens (tertiary/aromatic N) is 1. The lowest BCUT2D eigenvalue weighted by molar-refractivity contribution is 0.669. The molecule has 272 valence electrons. The Morgan fingerprint density at radius 3 is 1.64 bits per heavy atom. The van der Waals surface area contributed by atoms with E-state index in [4.69, 9.17) is 4.42 Å². The minimum atomic E-state index is 0.888. The highest BCUT2D eigenvalue weighted by molar-refractivity contribution is 6.07. The third kappa shape index (κ3) is 5.82. The topological polar surface area (TPSA) is 16.4 Å². The van der Waals surface area contributed by atoms with Gasteiger partial charge in [-0.1, -0.05) is 176 Å². The van der Waals surface area contributed by atoms with Crippen LogP contribution in [0.5, 0.6) is 0 Å². The molecule has 0 spiro atoms. The maximum Gasteiger partial charge on any atom is 0.135 e. The molecule has 11 aromatic rings. The van der Waals surface area contributed by atoms with Gasteiger partial charge in [-0.15, -0.1) is 0 Å². The monoisotopic (exact) mass is 739 g/mol. The van der Waals surface area contributed by atoms with Gasteiger partial charge in [0.15, 0.2) is 0 Å². The minimum Gasteiger partial charge on any atom is -0.456 e. The predicted octanol–water partition coefficient (Wildman–Crippen LogP) is 16.0. The van der Waals surface area contributed by atoms with Crippen molar-refractivity contribution in [3.63, 3.8) is 0 Å². The van der Waals surface area contributed by atoms with Gasteiger partial charge < -0.3 is 9.32 Å². The van der Waals surface area contributed by atoms with Gasteiger partial charge >= 0.3 is 0 Å². The molecule has 0 N–H and O–H groups in total. The molecule has 0 amide bonds. The van der Waals surface area contributed by atoms with Gasteiger partial charge in [0.1, 0.15) is 11.2 Å². The van der Waals surface area contributed by atoms with E-state index < -0.39 is 0 Å². The average Bonchev–Trinajstić information content (AvgIpc) is 3.67. The Bertz CT molecular complexity index is 3290. The van der Waals surface area contributed by atoms with Gasteiger partial charge in [0, 0.05) is 27.6 Å². The van der Waals surface area contributed by atoms with Crippen LogP contribution in [0.25, 0.3) is 88.0 Å².